The van der Waals surface area contributed by atoms with Crippen LogP contribution in [0.3, 0.4) is 0 Å². The van der Waals surface area contributed by atoms with Crippen LogP contribution in [0.25, 0.3) is 0 Å². The number of carbonyl (C=O) groups excluding carboxylic acids is 1. The van der Waals surface area contributed by atoms with Gasteiger partial charge in [-0.05, 0) is 18.2 Å². The highest BCUT2D eigenvalue weighted by Gasteiger charge is 2.10. The van der Waals surface area contributed by atoms with Gasteiger partial charge in [0.2, 0.25) is 0 Å². The molecule has 1 heterocycles. The molecule has 4 N–H and O–H groups in total. The van der Waals surface area contributed by atoms with Gasteiger partial charge >= 0.3 is 0 Å². The number of hydrogen-bond acceptors (Lipinski definition) is 6. The molecule has 0 spiro atoms. The van der Waals surface area contributed by atoms with Gasteiger partial charge in [-0.1, -0.05) is 6.07 Å². The number of hydrogen-bond donors (Lipinski definition) is 3. The van der Waals surface area contributed by atoms with E-state index in [0.29, 0.717) is 11.4 Å². The second kappa shape index (κ2) is 5.76. The summed E-state index contributed by atoms with van der Waals surface area (Å²) in [5, 5.41) is 13.2. The van der Waals surface area contributed by atoms with Gasteiger partial charge in [-0.25, -0.2) is 4.98 Å². The predicted molar refractivity (Wildman–Crippen MR) is 73.1 cm³/mol. The number of nitrogens with zero attached hydrogens (tertiary/aromatic N) is 2. The Bertz CT molecular complexity index is 642. The van der Waals surface area contributed by atoms with Crippen molar-refractivity contribution in [1.82, 2.24) is 4.98 Å². The molecule has 1 aromatic carbocycles. The number of aromatic nitrogens is 1. The summed E-state index contributed by atoms with van der Waals surface area (Å²) >= 11 is 0. The molecule has 0 bridgehead atoms. The lowest BCUT2D eigenvalue weighted by Crippen LogP contribution is -2.14. The summed E-state index contributed by atoms with van der Waals surface area (Å²) in [6.07, 6.45) is 1.41. The zero-order valence-electron chi connectivity index (χ0n) is 10.2. The number of nitrogens with two attached hydrogens (primary N) is 1. The molecule has 0 aliphatic rings. The minimum atomic E-state index is -0.532. The van der Waals surface area contributed by atoms with E-state index >= 15 is 0 Å². The SMILES string of the molecule is NNc1ccc(C(=O)Nc2cccc([N+](=O)[O-])c2)nc1. The van der Waals surface area contributed by atoms with Gasteiger partial charge in [-0.2, -0.15) is 0 Å². The topological polar surface area (TPSA) is 123 Å². The molecule has 0 unspecified atom stereocenters. The Morgan fingerprint density at radius 1 is 1.25 bits per heavy atom. The van der Waals surface area contributed by atoms with Crippen molar-refractivity contribution in [3.8, 4) is 0 Å². The summed E-state index contributed by atoms with van der Waals surface area (Å²) in [7, 11) is 0. The molecular formula is C12H11N5O3. The number of amides is 1. The number of pyridine rings is 1. The zero-order chi connectivity index (χ0) is 14.5. The van der Waals surface area contributed by atoms with E-state index in [1.165, 1.54) is 30.5 Å². The van der Waals surface area contributed by atoms with Crippen molar-refractivity contribution in [2.45, 2.75) is 0 Å². The van der Waals surface area contributed by atoms with Crippen LogP contribution in [0.4, 0.5) is 17.1 Å². The summed E-state index contributed by atoms with van der Waals surface area (Å²) in [5.74, 6) is 4.73. The molecule has 0 aliphatic carbocycles. The van der Waals surface area contributed by atoms with Crippen LogP contribution >= 0.6 is 0 Å². The summed E-state index contributed by atoms with van der Waals surface area (Å²) in [5.41, 5.74) is 3.36. The molecule has 0 saturated heterocycles. The van der Waals surface area contributed by atoms with Gasteiger partial charge < -0.3 is 10.7 Å². The van der Waals surface area contributed by atoms with E-state index in [4.69, 9.17) is 5.84 Å². The predicted octanol–water partition coefficient (Wildman–Crippen LogP) is 1.53. The lowest BCUT2D eigenvalue weighted by Gasteiger charge is -2.05. The normalized spacial score (nSPS) is 9.85. The van der Waals surface area contributed by atoms with Crippen LogP contribution in [-0.2, 0) is 0 Å². The monoisotopic (exact) mass is 273 g/mol. The molecule has 0 fully saturated rings. The number of nitrogen functional groups attached to an aromatic ring is 1. The van der Waals surface area contributed by atoms with Crippen molar-refractivity contribution in [2.24, 2.45) is 5.84 Å². The van der Waals surface area contributed by atoms with Crippen molar-refractivity contribution in [3.05, 3.63) is 58.4 Å². The number of carbonyl (C=O) groups is 1. The van der Waals surface area contributed by atoms with Gasteiger partial charge in [0.25, 0.3) is 11.6 Å². The third-order valence-corrected chi connectivity index (χ3v) is 2.48. The maximum Gasteiger partial charge on any atom is 0.274 e. The molecule has 0 atom stereocenters. The molecule has 1 amide bonds. The summed E-state index contributed by atoms with van der Waals surface area (Å²) in [6.45, 7) is 0. The first-order valence-electron chi connectivity index (χ1n) is 5.58. The molecule has 0 aliphatic heterocycles. The third kappa shape index (κ3) is 3.06. The molecule has 0 radical (unpaired) electrons. The summed E-state index contributed by atoms with van der Waals surface area (Å²) < 4.78 is 0. The van der Waals surface area contributed by atoms with Gasteiger partial charge in [-0.15, -0.1) is 0 Å². The Labute approximate surface area is 113 Å². The van der Waals surface area contributed by atoms with E-state index in [9.17, 15) is 14.9 Å². The van der Waals surface area contributed by atoms with E-state index in [2.05, 4.69) is 15.7 Å². The van der Waals surface area contributed by atoms with E-state index in [0.717, 1.165) is 0 Å². The number of nitro groups is 1. The molecule has 2 rings (SSSR count). The van der Waals surface area contributed by atoms with Gasteiger partial charge in [0.1, 0.15) is 5.69 Å². The fourth-order valence-corrected chi connectivity index (χ4v) is 1.51. The highest BCUT2D eigenvalue weighted by atomic mass is 16.6. The van der Waals surface area contributed by atoms with Crippen molar-refractivity contribution in [3.63, 3.8) is 0 Å². The van der Waals surface area contributed by atoms with Gasteiger partial charge in [0.15, 0.2) is 0 Å². The van der Waals surface area contributed by atoms with Crippen LogP contribution in [0.1, 0.15) is 10.5 Å². The summed E-state index contributed by atoms with van der Waals surface area (Å²) in [4.78, 5) is 25.9. The van der Waals surface area contributed by atoms with E-state index in [-0.39, 0.29) is 11.4 Å². The van der Waals surface area contributed by atoms with Crippen LogP contribution in [0, 0.1) is 10.1 Å². The van der Waals surface area contributed by atoms with Crippen LogP contribution in [0.2, 0.25) is 0 Å². The summed E-state index contributed by atoms with van der Waals surface area (Å²) in [6, 6.07) is 8.74. The first kappa shape index (κ1) is 13.4. The maximum absolute atomic E-state index is 11.9. The zero-order valence-corrected chi connectivity index (χ0v) is 10.2. The molecule has 8 heteroatoms. The van der Waals surface area contributed by atoms with Gasteiger partial charge in [0, 0.05) is 17.8 Å². The fourth-order valence-electron chi connectivity index (χ4n) is 1.51. The molecule has 2 aromatic rings. The molecule has 20 heavy (non-hydrogen) atoms. The highest BCUT2D eigenvalue weighted by Crippen LogP contribution is 2.17. The molecule has 0 saturated carbocycles. The number of nitro benzene ring substituents is 1. The Kier molecular flexibility index (Phi) is 3.87. The van der Waals surface area contributed by atoms with E-state index in [1.54, 1.807) is 12.1 Å². The first-order valence-corrected chi connectivity index (χ1v) is 5.58. The van der Waals surface area contributed by atoms with Crippen molar-refractivity contribution < 1.29 is 9.72 Å². The fraction of sp³-hybridized carbons (Fsp3) is 0. The Hall–Kier alpha value is -3.00. The van der Waals surface area contributed by atoms with Crippen molar-refractivity contribution >= 4 is 23.0 Å². The Morgan fingerprint density at radius 2 is 2.05 bits per heavy atom. The largest absolute Gasteiger partial charge is 0.323 e. The van der Waals surface area contributed by atoms with Gasteiger partial charge in [0.05, 0.1) is 16.8 Å². The number of rotatable bonds is 4. The number of non-ortho nitro benzene ring substituents is 1. The second-order valence-corrected chi connectivity index (χ2v) is 3.84. The number of anilines is 2. The average Bonchev–Trinajstić information content (AvgIpc) is 2.47. The van der Waals surface area contributed by atoms with Crippen LogP contribution in [0.5, 0.6) is 0 Å². The third-order valence-electron chi connectivity index (χ3n) is 2.48. The van der Waals surface area contributed by atoms with Crippen molar-refractivity contribution in [1.29, 1.82) is 0 Å². The lowest BCUT2D eigenvalue weighted by atomic mass is 10.2. The molecule has 1 aromatic heterocycles. The van der Waals surface area contributed by atoms with Gasteiger partial charge in [-0.3, -0.25) is 20.8 Å². The Morgan fingerprint density at radius 3 is 2.65 bits per heavy atom. The molecule has 8 nitrogen and oxygen atoms in total. The van der Waals surface area contributed by atoms with E-state index in [1.807, 2.05) is 0 Å². The van der Waals surface area contributed by atoms with Crippen molar-refractivity contribution in [2.75, 3.05) is 10.7 Å². The molecule has 102 valence electrons. The highest BCUT2D eigenvalue weighted by molar-refractivity contribution is 6.03. The maximum atomic E-state index is 11.9. The lowest BCUT2D eigenvalue weighted by molar-refractivity contribution is -0.384. The van der Waals surface area contributed by atoms with Crippen LogP contribution in [-0.4, -0.2) is 15.8 Å². The minimum absolute atomic E-state index is 0.0987. The number of hydrazine groups is 1. The molecular weight excluding hydrogens is 262 g/mol. The minimum Gasteiger partial charge on any atom is -0.323 e. The second-order valence-electron chi connectivity index (χ2n) is 3.84. The van der Waals surface area contributed by atoms with E-state index < -0.39 is 10.8 Å². The van der Waals surface area contributed by atoms with Crippen LogP contribution < -0.4 is 16.6 Å². The smallest absolute Gasteiger partial charge is 0.274 e. The standard InChI is InChI=1S/C12H11N5O3/c13-16-9-4-5-11(14-7-9)12(18)15-8-2-1-3-10(6-8)17(19)20/h1-7,16H,13H2,(H,15,18). The van der Waals surface area contributed by atoms with Crippen LogP contribution in [0.15, 0.2) is 42.6 Å². The Balaban J connectivity index is 2.14. The quantitative estimate of drug-likeness (QED) is 0.441. The average molecular weight is 273 g/mol. The number of benzene rings is 1. The first-order chi connectivity index (χ1) is 9.60. The number of nitrogens with one attached hydrogen (secondary N) is 2.